The first kappa shape index (κ1) is 26.7. The molecular formula is C20H33ClF3N5O3. The Morgan fingerprint density at radius 1 is 1.03 bits per heavy atom. The van der Waals surface area contributed by atoms with Gasteiger partial charge in [0.1, 0.15) is 0 Å². The summed E-state index contributed by atoms with van der Waals surface area (Å²) in [6.07, 6.45) is 0.692. The second-order valence-corrected chi connectivity index (χ2v) is 9.87. The molecule has 0 aromatic carbocycles. The minimum absolute atomic E-state index is 0. The van der Waals surface area contributed by atoms with Crippen molar-refractivity contribution in [3.63, 3.8) is 0 Å². The maximum Gasteiger partial charge on any atom is 0.455 e. The van der Waals surface area contributed by atoms with E-state index < -0.39 is 12.0 Å². The van der Waals surface area contributed by atoms with Gasteiger partial charge in [-0.25, -0.2) is 0 Å². The summed E-state index contributed by atoms with van der Waals surface area (Å²) in [5.74, 6) is -1.03. The topological polar surface area (TPSA) is 106 Å². The number of nitrogens with zero attached hydrogens (tertiary/aromatic N) is 4. The normalized spacial score (nSPS) is 26.9. The van der Waals surface area contributed by atoms with E-state index in [9.17, 15) is 18.0 Å². The van der Waals surface area contributed by atoms with Crippen LogP contribution in [-0.2, 0) is 11.0 Å². The van der Waals surface area contributed by atoms with Gasteiger partial charge in [-0.05, 0) is 77.5 Å². The van der Waals surface area contributed by atoms with Crippen LogP contribution in [0.15, 0.2) is 4.52 Å². The number of halogens is 4. The SMILES string of the molecule is CC(C)(C)NC(=O)C1CCN(C2CC3CCC(C2)N3c2nc(C(F)(F)F)no2)CC1.Cl.O. The number of likely N-dealkylation sites (tertiary alicyclic amines) is 1. The van der Waals surface area contributed by atoms with Gasteiger partial charge in [0.25, 0.3) is 5.82 Å². The average molecular weight is 484 g/mol. The summed E-state index contributed by atoms with van der Waals surface area (Å²) in [5, 5.41) is 6.19. The lowest BCUT2D eigenvalue weighted by Crippen LogP contribution is -2.53. The first-order valence-electron chi connectivity index (χ1n) is 10.8. The van der Waals surface area contributed by atoms with E-state index in [1.807, 2.05) is 25.7 Å². The third-order valence-electron chi connectivity index (χ3n) is 6.51. The van der Waals surface area contributed by atoms with Crippen molar-refractivity contribution in [1.82, 2.24) is 20.4 Å². The molecule has 3 N–H and O–H groups in total. The van der Waals surface area contributed by atoms with Crippen LogP contribution in [-0.4, -0.2) is 63.2 Å². The van der Waals surface area contributed by atoms with Gasteiger partial charge in [0.15, 0.2) is 0 Å². The van der Waals surface area contributed by atoms with Crippen LogP contribution in [0.3, 0.4) is 0 Å². The lowest BCUT2D eigenvalue weighted by atomic mass is 9.90. The molecular weight excluding hydrogens is 451 g/mol. The standard InChI is InChI=1S/C20H30F3N5O2.ClH.H2O/c1-19(2,3)25-16(29)12-6-8-27(9-7-12)15-10-13-4-5-14(11-15)28(13)18-24-17(26-30-18)20(21,22)23;;/h12-15H,4-11H2,1-3H3,(H,25,29);1H;1H2. The lowest BCUT2D eigenvalue weighted by molar-refractivity contribution is -0.146. The minimum Gasteiger partial charge on any atom is -0.412 e. The summed E-state index contributed by atoms with van der Waals surface area (Å²) in [4.78, 5) is 20.4. The molecule has 3 aliphatic heterocycles. The third-order valence-corrected chi connectivity index (χ3v) is 6.51. The van der Waals surface area contributed by atoms with Crippen molar-refractivity contribution in [2.24, 2.45) is 5.92 Å². The van der Waals surface area contributed by atoms with E-state index in [1.165, 1.54) is 0 Å². The summed E-state index contributed by atoms with van der Waals surface area (Å²) in [6, 6.07) is 0.621. The zero-order chi connectivity index (χ0) is 21.7. The van der Waals surface area contributed by atoms with Crippen LogP contribution in [0.2, 0.25) is 0 Å². The summed E-state index contributed by atoms with van der Waals surface area (Å²) < 4.78 is 43.4. The number of anilines is 1. The van der Waals surface area contributed by atoms with Crippen LogP contribution in [0.1, 0.15) is 65.1 Å². The number of carbonyl (C=O) groups excluding carboxylic acids is 1. The number of hydrogen-bond acceptors (Lipinski definition) is 6. The van der Waals surface area contributed by atoms with Gasteiger partial charge in [0.05, 0.1) is 0 Å². The van der Waals surface area contributed by atoms with Gasteiger partial charge < -0.3 is 25.1 Å². The van der Waals surface area contributed by atoms with Gasteiger partial charge in [0.2, 0.25) is 5.91 Å². The number of piperidine rings is 2. The van der Waals surface area contributed by atoms with Crippen LogP contribution in [0.4, 0.5) is 19.2 Å². The highest BCUT2D eigenvalue weighted by Gasteiger charge is 2.46. The molecule has 0 spiro atoms. The molecule has 1 aromatic heterocycles. The largest absolute Gasteiger partial charge is 0.455 e. The predicted octanol–water partition coefficient (Wildman–Crippen LogP) is 2.81. The Morgan fingerprint density at radius 2 is 1.59 bits per heavy atom. The molecule has 3 aliphatic rings. The Balaban J connectivity index is 0.00000181. The first-order chi connectivity index (χ1) is 14.0. The van der Waals surface area contributed by atoms with E-state index in [0.29, 0.717) is 6.04 Å². The fourth-order valence-electron chi connectivity index (χ4n) is 5.19. The fraction of sp³-hybridized carbons (Fsp3) is 0.850. The molecule has 1 amide bonds. The summed E-state index contributed by atoms with van der Waals surface area (Å²) in [7, 11) is 0. The number of alkyl halides is 3. The van der Waals surface area contributed by atoms with E-state index in [4.69, 9.17) is 4.52 Å². The van der Waals surface area contributed by atoms with Crippen molar-refractivity contribution in [1.29, 1.82) is 0 Å². The van der Waals surface area contributed by atoms with E-state index in [0.717, 1.165) is 51.6 Å². The number of fused-ring (bicyclic) bond motifs is 2. The number of amides is 1. The highest BCUT2D eigenvalue weighted by molar-refractivity contribution is 5.85. The molecule has 3 saturated heterocycles. The van der Waals surface area contributed by atoms with E-state index in [2.05, 4.69) is 20.4 Å². The average Bonchev–Trinajstić information content (AvgIpc) is 3.22. The van der Waals surface area contributed by atoms with E-state index in [-0.39, 0.29) is 53.3 Å². The highest BCUT2D eigenvalue weighted by atomic mass is 35.5. The molecule has 2 bridgehead atoms. The Labute approximate surface area is 192 Å². The summed E-state index contributed by atoms with van der Waals surface area (Å²) in [5.41, 5.74) is -0.221. The molecule has 0 radical (unpaired) electrons. The number of rotatable bonds is 3. The van der Waals surface area contributed by atoms with E-state index >= 15 is 0 Å². The number of aromatic nitrogens is 2. The van der Waals surface area contributed by atoms with Crippen molar-refractivity contribution < 1.29 is 28.0 Å². The first-order valence-corrected chi connectivity index (χ1v) is 10.8. The second-order valence-electron chi connectivity index (χ2n) is 9.87. The highest BCUT2D eigenvalue weighted by Crippen LogP contribution is 2.41. The van der Waals surface area contributed by atoms with Gasteiger partial charge in [-0.3, -0.25) is 4.79 Å². The molecule has 4 rings (SSSR count). The molecule has 0 saturated carbocycles. The zero-order valence-corrected chi connectivity index (χ0v) is 19.4. The lowest BCUT2D eigenvalue weighted by Gasteiger charge is -2.44. The van der Waals surface area contributed by atoms with Crippen molar-refractivity contribution in [3.05, 3.63) is 5.82 Å². The fourth-order valence-corrected chi connectivity index (χ4v) is 5.19. The minimum atomic E-state index is -4.59. The number of carbonyl (C=O) groups is 1. The third kappa shape index (κ3) is 5.66. The molecule has 4 heterocycles. The van der Waals surface area contributed by atoms with Crippen LogP contribution < -0.4 is 10.2 Å². The smallest absolute Gasteiger partial charge is 0.412 e. The number of nitrogens with one attached hydrogen (secondary N) is 1. The molecule has 32 heavy (non-hydrogen) atoms. The van der Waals surface area contributed by atoms with Crippen molar-refractivity contribution in [3.8, 4) is 0 Å². The Bertz CT molecular complexity index is 763. The molecule has 8 nitrogen and oxygen atoms in total. The van der Waals surface area contributed by atoms with Gasteiger partial charge in [0, 0.05) is 29.6 Å². The van der Waals surface area contributed by atoms with Crippen LogP contribution in [0.5, 0.6) is 0 Å². The molecule has 3 fully saturated rings. The van der Waals surface area contributed by atoms with E-state index in [1.54, 1.807) is 0 Å². The Kier molecular flexibility index (Phi) is 8.10. The quantitative estimate of drug-likeness (QED) is 0.708. The molecule has 1 aromatic rings. The maximum absolute atomic E-state index is 12.8. The molecule has 2 unspecified atom stereocenters. The van der Waals surface area contributed by atoms with Crippen molar-refractivity contribution in [2.45, 2.75) is 89.1 Å². The van der Waals surface area contributed by atoms with Gasteiger partial charge >= 0.3 is 12.2 Å². The summed E-state index contributed by atoms with van der Waals surface area (Å²) in [6.45, 7) is 7.73. The van der Waals surface area contributed by atoms with Crippen LogP contribution in [0, 0.1) is 5.92 Å². The Morgan fingerprint density at radius 3 is 2.06 bits per heavy atom. The van der Waals surface area contributed by atoms with Crippen LogP contribution >= 0.6 is 12.4 Å². The second kappa shape index (κ2) is 9.72. The molecule has 2 atom stereocenters. The Hall–Kier alpha value is -1.59. The van der Waals surface area contributed by atoms with Crippen molar-refractivity contribution >= 4 is 24.3 Å². The van der Waals surface area contributed by atoms with Gasteiger partial charge in [-0.15, -0.1) is 12.4 Å². The molecule has 184 valence electrons. The zero-order valence-electron chi connectivity index (χ0n) is 18.6. The molecule has 12 heteroatoms. The number of hydrogen-bond donors (Lipinski definition) is 1. The summed E-state index contributed by atoms with van der Waals surface area (Å²) >= 11 is 0. The van der Waals surface area contributed by atoms with Gasteiger partial charge in [-0.1, -0.05) is 0 Å². The van der Waals surface area contributed by atoms with Crippen LogP contribution in [0.25, 0.3) is 0 Å². The molecule has 0 aliphatic carbocycles. The predicted molar refractivity (Wildman–Crippen MR) is 115 cm³/mol. The maximum atomic E-state index is 12.8. The van der Waals surface area contributed by atoms with Gasteiger partial charge in [-0.2, -0.15) is 18.2 Å². The van der Waals surface area contributed by atoms with Crippen molar-refractivity contribution in [2.75, 3.05) is 18.0 Å². The monoisotopic (exact) mass is 483 g/mol.